The second-order valence-corrected chi connectivity index (χ2v) is 6.05. The number of esters is 1. The van der Waals surface area contributed by atoms with Crippen LogP contribution in [-0.4, -0.2) is 23.5 Å². The van der Waals surface area contributed by atoms with Crippen molar-refractivity contribution in [2.45, 2.75) is 53.2 Å². The van der Waals surface area contributed by atoms with Gasteiger partial charge in [0.25, 0.3) is 5.91 Å². The highest BCUT2D eigenvalue weighted by Crippen LogP contribution is 2.12. The summed E-state index contributed by atoms with van der Waals surface area (Å²) in [6.45, 7) is 10.9. The second kappa shape index (κ2) is 6.07. The largest absolute Gasteiger partial charge is 0.458 e. The molecule has 1 amide bonds. The fourth-order valence-electron chi connectivity index (χ4n) is 1.79. The lowest BCUT2D eigenvalue weighted by Crippen LogP contribution is -2.42. The zero-order valence-corrected chi connectivity index (χ0v) is 13.0. The molecule has 0 unspecified atom stereocenters. The average molecular weight is 277 g/mol. The Hall–Kier alpha value is -1.84. The maximum absolute atomic E-state index is 12.1. The van der Waals surface area contributed by atoms with E-state index in [-0.39, 0.29) is 5.91 Å². The first-order valence-corrected chi connectivity index (χ1v) is 6.71. The van der Waals surface area contributed by atoms with Crippen LogP contribution in [0.2, 0.25) is 0 Å². The van der Waals surface area contributed by atoms with Gasteiger partial charge in [-0.05, 0) is 53.2 Å². The van der Waals surface area contributed by atoms with E-state index in [1.165, 1.54) is 0 Å². The Morgan fingerprint density at radius 1 is 1.20 bits per heavy atom. The van der Waals surface area contributed by atoms with Crippen molar-refractivity contribution in [3.8, 4) is 0 Å². The van der Waals surface area contributed by atoms with Gasteiger partial charge in [0.05, 0.1) is 0 Å². The molecule has 0 aromatic heterocycles. The average Bonchev–Trinajstić information content (AvgIpc) is 2.26. The minimum Gasteiger partial charge on any atom is -0.458 e. The maximum atomic E-state index is 12.1. The van der Waals surface area contributed by atoms with Gasteiger partial charge in [0.2, 0.25) is 0 Å². The number of amides is 1. The third-order valence-electron chi connectivity index (χ3n) is 2.73. The van der Waals surface area contributed by atoms with Crippen LogP contribution in [0.4, 0.5) is 0 Å². The van der Waals surface area contributed by atoms with Crippen molar-refractivity contribution < 1.29 is 14.3 Å². The molecule has 20 heavy (non-hydrogen) atoms. The summed E-state index contributed by atoms with van der Waals surface area (Å²) in [5.74, 6) is -0.698. The van der Waals surface area contributed by atoms with E-state index in [4.69, 9.17) is 4.74 Å². The first kappa shape index (κ1) is 16.2. The van der Waals surface area contributed by atoms with E-state index in [1.807, 2.05) is 26.0 Å². The number of carbonyl (C=O) groups excluding carboxylic acids is 2. The molecule has 0 saturated heterocycles. The molecule has 4 nitrogen and oxygen atoms in total. The van der Waals surface area contributed by atoms with Crippen molar-refractivity contribution in [1.29, 1.82) is 0 Å². The SMILES string of the molecule is Cc1ccc(C(=O)N[C@@H](C)C(=O)OC(C)(C)C)c(C)c1. The fourth-order valence-corrected chi connectivity index (χ4v) is 1.79. The number of ether oxygens (including phenoxy) is 1. The highest BCUT2D eigenvalue weighted by molar-refractivity contribution is 5.97. The Kier molecular flexibility index (Phi) is 4.93. The van der Waals surface area contributed by atoms with Gasteiger partial charge in [0, 0.05) is 5.56 Å². The van der Waals surface area contributed by atoms with Crippen LogP contribution in [0, 0.1) is 13.8 Å². The van der Waals surface area contributed by atoms with Crippen LogP contribution in [0.15, 0.2) is 18.2 Å². The van der Waals surface area contributed by atoms with E-state index in [1.54, 1.807) is 33.8 Å². The van der Waals surface area contributed by atoms with Crippen molar-refractivity contribution in [1.82, 2.24) is 5.32 Å². The van der Waals surface area contributed by atoms with Crippen LogP contribution in [0.5, 0.6) is 0 Å². The summed E-state index contributed by atoms with van der Waals surface area (Å²) in [4.78, 5) is 24.0. The standard InChI is InChI=1S/C16H23NO3/c1-10-7-8-13(11(2)9-10)14(18)17-12(3)15(19)20-16(4,5)6/h7-9,12H,1-6H3,(H,17,18)/t12-/m0/s1. The maximum Gasteiger partial charge on any atom is 0.328 e. The third kappa shape index (κ3) is 4.68. The Morgan fingerprint density at radius 3 is 2.30 bits per heavy atom. The molecular formula is C16H23NO3. The second-order valence-electron chi connectivity index (χ2n) is 6.05. The van der Waals surface area contributed by atoms with Crippen molar-refractivity contribution in [3.05, 3.63) is 34.9 Å². The zero-order chi connectivity index (χ0) is 15.5. The van der Waals surface area contributed by atoms with Gasteiger partial charge in [-0.2, -0.15) is 0 Å². The molecule has 0 saturated carbocycles. The quantitative estimate of drug-likeness (QED) is 0.864. The van der Waals surface area contributed by atoms with Crippen LogP contribution in [0.1, 0.15) is 49.2 Å². The van der Waals surface area contributed by atoms with Gasteiger partial charge in [0.1, 0.15) is 11.6 Å². The number of hydrogen-bond donors (Lipinski definition) is 1. The molecule has 1 aromatic carbocycles. The number of hydrogen-bond acceptors (Lipinski definition) is 3. The fraction of sp³-hybridized carbons (Fsp3) is 0.500. The molecule has 0 heterocycles. The Morgan fingerprint density at radius 2 is 1.80 bits per heavy atom. The summed E-state index contributed by atoms with van der Waals surface area (Å²) in [6, 6.07) is 4.90. The minimum atomic E-state index is -0.678. The zero-order valence-electron chi connectivity index (χ0n) is 13.0. The topological polar surface area (TPSA) is 55.4 Å². The van der Waals surface area contributed by atoms with E-state index < -0.39 is 17.6 Å². The molecule has 110 valence electrons. The van der Waals surface area contributed by atoms with Crippen LogP contribution < -0.4 is 5.32 Å². The predicted octanol–water partition coefficient (Wildman–Crippen LogP) is 2.76. The summed E-state index contributed by atoms with van der Waals surface area (Å²) in [6.07, 6.45) is 0. The monoisotopic (exact) mass is 277 g/mol. The molecule has 0 bridgehead atoms. The van der Waals surface area contributed by atoms with Crippen molar-refractivity contribution >= 4 is 11.9 Å². The molecule has 0 radical (unpaired) electrons. The summed E-state index contributed by atoms with van der Waals surface area (Å²) >= 11 is 0. The van der Waals surface area contributed by atoms with E-state index >= 15 is 0 Å². The lowest BCUT2D eigenvalue weighted by atomic mass is 10.0. The molecule has 1 aromatic rings. The van der Waals surface area contributed by atoms with Gasteiger partial charge in [-0.15, -0.1) is 0 Å². The molecular weight excluding hydrogens is 254 g/mol. The number of carbonyl (C=O) groups is 2. The number of aryl methyl sites for hydroxylation is 2. The van der Waals surface area contributed by atoms with E-state index in [2.05, 4.69) is 5.32 Å². The summed E-state index contributed by atoms with van der Waals surface area (Å²) in [5, 5.41) is 2.67. The Balaban J connectivity index is 2.73. The smallest absolute Gasteiger partial charge is 0.328 e. The Bertz CT molecular complexity index is 515. The minimum absolute atomic E-state index is 0.263. The van der Waals surface area contributed by atoms with Gasteiger partial charge in [-0.25, -0.2) is 4.79 Å². The number of benzene rings is 1. The first-order chi connectivity index (χ1) is 9.10. The molecule has 0 aliphatic carbocycles. The van der Waals surface area contributed by atoms with Gasteiger partial charge >= 0.3 is 5.97 Å². The van der Waals surface area contributed by atoms with Crippen molar-refractivity contribution in [2.24, 2.45) is 0 Å². The lowest BCUT2D eigenvalue weighted by molar-refractivity contribution is -0.156. The summed E-state index contributed by atoms with van der Waals surface area (Å²) in [7, 11) is 0. The number of nitrogens with one attached hydrogen (secondary N) is 1. The lowest BCUT2D eigenvalue weighted by Gasteiger charge is -2.22. The first-order valence-electron chi connectivity index (χ1n) is 6.71. The van der Waals surface area contributed by atoms with Crippen LogP contribution >= 0.6 is 0 Å². The molecule has 1 atom stereocenters. The van der Waals surface area contributed by atoms with E-state index in [0.29, 0.717) is 5.56 Å². The highest BCUT2D eigenvalue weighted by atomic mass is 16.6. The van der Waals surface area contributed by atoms with Crippen LogP contribution in [0.25, 0.3) is 0 Å². The molecule has 0 spiro atoms. The summed E-state index contributed by atoms with van der Waals surface area (Å²) in [5.41, 5.74) is 2.00. The van der Waals surface area contributed by atoms with Crippen LogP contribution in [-0.2, 0) is 9.53 Å². The van der Waals surface area contributed by atoms with E-state index in [0.717, 1.165) is 11.1 Å². The molecule has 1 rings (SSSR count). The molecule has 0 aliphatic rings. The van der Waals surface area contributed by atoms with Crippen LogP contribution in [0.3, 0.4) is 0 Å². The number of rotatable bonds is 3. The highest BCUT2D eigenvalue weighted by Gasteiger charge is 2.23. The predicted molar refractivity (Wildman–Crippen MR) is 78.7 cm³/mol. The summed E-state index contributed by atoms with van der Waals surface area (Å²) < 4.78 is 5.23. The van der Waals surface area contributed by atoms with Gasteiger partial charge in [0.15, 0.2) is 0 Å². The third-order valence-corrected chi connectivity index (χ3v) is 2.73. The van der Waals surface area contributed by atoms with Gasteiger partial charge < -0.3 is 10.1 Å². The van der Waals surface area contributed by atoms with Gasteiger partial charge in [-0.3, -0.25) is 4.79 Å². The Labute approximate surface area is 120 Å². The molecule has 4 heteroatoms. The van der Waals surface area contributed by atoms with Crippen molar-refractivity contribution in [3.63, 3.8) is 0 Å². The van der Waals surface area contributed by atoms with E-state index in [9.17, 15) is 9.59 Å². The molecule has 0 aliphatic heterocycles. The normalized spacial score (nSPS) is 12.7. The van der Waals surface area contributed by atoms with Gasteiger partial charge in [-0.1, -0.05) is 17.7 Å². The van der Waals surface area contributed by atoms with Crippen molar-refractivity contribution in [2.75, 3.05) is 0 Å². The molecule has 1 N–H and O–H groups in total. The molecule has 0 fully saturated rings.